The van der Waals surface area contributed by atoms with Crippen LogP contribution in [0.1, 0.15) is 45.1 Å². The first-order valence-electron chi connectivity index (χ1n) is 10.2. The van der Waals surface area contributed by atoms with Crippen molar-refractivity contribution in [3.05, 3.63) is 34.4 Å². The number of aryl methyl sites for hydroxylation is 1. The fourth-order valence-electron chi connectivity index (χ4n) is 4.34. The summed E-state index contributed by atoms with van der Waals surface area (Å²) in [7, 11) is 0. The van der Waals surface area contributed by atoms with E-state index < -0.39 is 6.10 Å². The fraction of sp³-hybridized carbons (Fsp3) is 0.591. The van der Waals surface area contributed by atoms with Crippen LogP contribution in [0.25, 0.3) is 10.9 Å². The van der Waals surface area contributed by atoms with Crippen molar-refractivity contribution < 1.29 is 9.90 Å². The van der Waals surface area contributed by atoms with E-state index in [4.69, 9.17) is 0 Å². The smallest absolute Gasteiger partial charge is 0.261 e. The molecule has 2 aliphatic heterocycles. The maximum absolute atomic E-state index is 13.0. The Morgan fingerprint density at radius 2 is 2.03 bits per heavy atom. The van der Waals surface area contributed by atoms with Gasteiger partial charge in [0, 0.05) is 31.2 Å². The van der Waals surface area contributed by atoms with Gasteiger partial charge in [-0.1, -0.05) is 7.43 Å². The second-order valence-electron chi connectivity index (χ2n) is 8.04. The van der Waals surface area contributed by atoms with E-state index in [1.54, 1.807) is 0 Å². The van der Waals surface area contributed by atoms with Crippen LogP contribution < -0.4 is 15.8 Å². The number of carbonyl (C=O) groups is 1. The lowest BCUT2D eigenvalue weighted by Gasteiger charge is -2.28. The van der Waals surface area contributed by atoms with E-state index in [1.807, 2.05) is 13.0 Å². The van der Waals surface area contributed by atoms with Gasteiger partial charge < -0.3 is 15.3 Å². The monoisotopic (exact) mass is 400 g/mol. The summed E-state index contributed by atoms with van der Waals surface area (Å²) in [6, 6.07) is 3.77. The summed E-state index contributed by atoms with van der Waals surface area (Å²) < 4.78 is 1.40. The Hall–Kier alpha value is -2.25. The van der Waals surface area contributed by atoms with E-state index in [2.05, 4.69) is 21.3 Å². The van der Waals surface area contributed by atoms with Gasteiger partial charge in [-0.25, -0.2) is 4.98 Å². The van der Waals surface area contributed by atoms with Crippen molar-refractivity contribution in [2.75, 3.05) is 24.5 Å². The van der Waals surface area contributed by atoms with Crippen molar-refractivity contribution in [3.8, 4) is 0 Å². The Morgan fingerprint density at radius 3 is 2.76 bits per heavy atom. The van der Waals surface area contributed by atoms with Crippen LogP contribution in [0.2, 0.25) is 0 Å². The Morgan fingerprint density at radius 1 is 1.28 bits per heavy atom. The van der Waals surface area contributed by atoms with Crippen LogP contribution in [-0.4, -0.2) is 52.2 Å². The molecule has 2 aliphatic rings. The maximum Gasteiger partial charge on any atom is 0.261 e. The highest BCUT2D eigenvalue weighted by Gasteiger charge is 2.25. The molecule has 158 valence electrons. The molecule has 0 radical (unpaired) electrons. The summed E-state index contributed by atoms with van der Waals surface area (Å²) >= 11 is 0. The summed E-state index contributed by atoms with van der Waals surface area (Å²) in [5.74, 6) is -0.0749. The van der Waals surface area contributed by atoms with E-state index >= 15 is 0 Å². The lowest BCUT2D eigenvalue weighted by molar-refractivity contribution is -0.121. The zero-order valence-electron chi connectivity index (χ0n) is 16.4. The van der Waals surface area contributed by atoms with Crippen LogP contribution in [0.15, 0.2) is 23.3 Å². The second-order valence-corrected chi connectivity index (χ2v) is 8.04. The highest BCUT2D eigenvalue weighted by atomic mass is 16.3. The van der Waals surface area contributed by atoms with Crippen LogP contribution >= 0.6 is 0 Å². The first-order chi connectivity index (χ1) is 13.5. The molecule has 7 nitrogen and oxygen atoms in total. The molecule has 1 aromatic carbocycles. The van der Waals surface area contributed by atoms with Crippen molar-refractivity contribution in [1.29, 1.82) is 0 Å². The maximum atomic E-state index is 13.0. The van der Waals surface area contributed by atoms with Crippen molar-refractivity contribution in [2.24, 2.45) is 0 Å². The third kappa shape index (κ3) is 4.51. The number of carbonyl (C=O) groups excluding carboxylic acids is 1. The van der Waals surface area contributed by atoms with E-state index in [0.717, 1.165) is 37.3 Å². The second kappa shape index (κ2) is 9.05. The first-order valence-corrected chi connectivity index (χ1v) is 10.2. The van der Waals surface area contributed by atoms with Crippen molar-refractivity contribution in [3.63, 3.8) is 0 Å². The molecule has 4 rings (SSSR count). The van der Waals surface area contributed by atoms with Gasteiger partial charge in [0.15, 0.2) is 5.78 Å². The SMILES string of the molecule is C.Cc1cc(N2CCCC2)cc2c(=O)n(CC(=O)C[C@H]3NCCC[C@@H]3O)cnc12. The van der Waals surface area contributed by atoms with Gasteiger partial charge in [0.25, 0.3) is 5.56 Å². The molecule has 1 aromatic heterocycles. The van der Waals surface area contributed by atoms with Gasteiger partial charge in [0.2, 0.25) is 0 Å². The number of nitrogens with one attached hydrogen (secondary N) is 1. The molecule has 2 saturated heterocycles. The average Bonchev–Trinajstić information content (AvgIpc) is 3.21. The molecule has 0 spiro atoms. The van der Waals surface area contributed by atoms with Gasteiger partial charge in [-0.3, -0.25) is 14.2 Å². The third-order valence-electron chi connectivity index (χ3n) is 5.92. The van der Waals surface area contributed by atoms with Crippen LogP contribution in [0, 0.1) is 6.92 Å². The minimum atomic E-state index is -0.505. The van der Waals surface area contributed by atoms with Gasteiger partial charge in [0.05, 0.1) is 29.9 Å². The molecule has 2 N–H and O–H groups in total. The minimum Gasteiger partial charge on any atom is -0.391 e. The number of nitrogens with zero attached hydrogens (tertiary/aromatic N) is 3. The van der Waals surface area contributed by atoms with E-state index in [-0.39, 0.29) is 37.8 Å². The number of piperidine rings is 1. The van der Waals surface area contributed by atoms with Crippen molar-refractivity contribution in [1.82, 2.24) is 14.9 Å². The molecule has 0 saturated carbocycles. The summed E-state index contributed by atoms with van der Waals surface area (Å²) in [6.07, 6.45) is 5.15. The van der Waals surface area contributed by atoms with Crippen LogP contribution in [-0.2, 0) is 11.3 Å². The number of aliphatic hydroxyl groups is 1. The molecule has 0 unspecified atom stereocenters. The summed E-state index contributed by atoms with van der Waals surface area (Å²) in [4.78, 5) is 32.3. The molecular formula is C22H32N4O3. The standard InChI is InChI=1S/C21H28N4O3.CH4/c1-14-9-15(24-7-2-3-8-24)10-17-20(14)23-13-25(21(17)28)12-16(26)11-18-19(27)5-4-6-22-18;/h9-10,13,18-19,22,27H,2-8,11-12H2,1H3;1H4/t18-,19+;/m1./s1. The Balaban J connectivity index is 0.00000240. The molecule has 2 fully saturated rings. The molecular weight excluding hydrogens is 368 g/mol. The lowest BCUT2D eigenvalue weighted by Crippen LogP contribution is -2.46. The highest BCUT2D eigenvalue weighted by Crippen LogP contribution is 2.25. The number of rotatable bonds is 5. The summed E-state index contributed by atoms with van der Waals surface area (Å²) in [5, 5.41) is 13.8. The third-order valence-corrected chi connectivity index (χ3v) is 5.92. The Labute approximate surface area is 171 Å². The number of benzene rings is 1. The van der Waals surface area contributed by atoms with Gasteiger partial charge in [-0.05, 0) is 56.8 Å². The topological polar surface area (TPSA) is 87.5 Å². The predicted molar refractivity (Wildman–Crippen MR) is 116 cm³/mol. The predicted octanol–water partition coefficient (Wildman–Crippen LogP) is 2.01. The lowest BCUT2D eigenvalue weighted by atomic mass is 9.97. The van der Waals surface area contributed by atoms with E-state index in [9.17, 15) is 14.7 Å². The normalized spacial score (nSPS) is 21.9. The number of hydrogen-bond donors (Lipinski definition) is 2. The number of aromatic nitrogens is 2. The molecule has 0 amide bonds. The van der Waals surface area contributed by atoms with Crippen molar-refractivity contribution >= 4 is 22.4 Å². The molecule has 2 aromatic rings. The van der Waals surface area contributed by atoms with Crippen LogP contribution in [0.5, 0.6) is 0 Å². The number of ketones is 1. The Bertz CT molecular complexity index is 934. The zero-order chi connectivity index (χ0) is 19.7. The summed E-state index contributed by atoms with van der Waals surface area (Å²) in [5.41, 5.74) is 2.55. The van der Waals surface area contributed by atoms with Gasteiger partial charge >= 0.3 is 0 Å². The van der Waals surface area contributed by atoms with E-state index in [1.165, 1.54) is 23.7 Å². The quantitative estimate of drug-likeness (QED) is 0.798. The number of fused-ring (bicyclic) bond motifs is 1. The largest absolute Gasteiger partial charge is 0.391 e. The van der Waals surface area contributed by atoms with Crippen LogP contribution in [0.4, 0.5) is 5.69 Å². The number of anilines is 1. The van der Waals surface area contributed by atoms with E-state index in [0.29, 0.717) is 17.3 Å². The first kappa shape index (κ1) is 21.5. The fourth-order valence-corrected chi connectivity index (χ4v) is 4.34. The molecule has 29 heavy (non-hydrogen) atoms. The van der Waals surface area contributed by atoms with Gasteiger partial charge in [-0.15, -0.1) is 0 Å². The zero-order valence-corrected chi connectivity index (χ0v) is 16.4. The molecule has 0 aliphatic carbocycles. The molecule has 3 heterocycles. The van der Waals surface area contributed by atoms with Crippen LogP contribution in [0.3, 0.4) is 0 Å². The summed E-state index contributed by atoms with van der Waals surface area (Å²) in [6.45, 7) is 4.79. The molecule has 7 heteroatoms. The number of hydrogen-bond acceptors (Lipinski definition) is 6. The highest BCUT2D eigenvalue weighted by molar-refractivity contribution is 5.85. The average molecular weight is 401 g/mol. The Kier molecular flexibility index (Phi) is 6.70. The minimum absolute atomic E-state index is 0. The van der Waals surface area contributed by atoms with Gasteiger partial charge in [0.1, 0.15) is 0 Å². The molecule has 2 atom stereocenters. The van der Waals surface area contributed by atoms with Gasteiger partial charge in [-0.2, -0.15) is 0 Å². The van der Waals surface area contributed by atoms with Crippen molar-refractivity contribution in [2.45, 2.75) is 65.1 Å². The number of aliphatic hydroxyl groups excluding tert-OH is 1. The number of Topliss-reactive ketones (excluding diaryl/α,β-unsaturated/α-hetero) is 1. The molecule has 0 bridgehead atoms.